The minimum absolute atomic E-state index is 0.319. The molecule has 112 valence electrons. The van der Waals surface area contributed by atoms with Crippen LogP contribution in [0.25, 0.3) is 11.3 Å². The molecule has 0 fully saturated rings. The van der Waals surface area contributed by atoms with Crippen molar-refractivity contribution in [2.45, 2.75) is 23.5 Å². The Bertz CT molecular complexity index is 734. The van der Waals surface area contributed by atoms with Crippen LogP contribution in [0.1, 0.15) is 17.7 Å². The summed E-state index contributed by atoms with van der Waals surface area (Å²) in [6, 6.07) is 8.17. The zero-order valence-electron chi connectivity index (χ0n) is 11.8. The van der Waals surface area contributed by atoms with Crippen molar-refractivity contribution in [1.29, 1.82) is 0 Å². The van der Waals surface area contributed by atoms with E-state index >= 15 is 0 Å². The third-order valence-electron chi connectivity index (χ3n) is 3.11. The van der Waals surface area contributed by atoms with Crippen LogP contribution in [-0.4, -0.2) is 17.7 Å². The van der Waals surface area contributed by atoms with E-state index in [0.29, 0.717) is 24.6 Å². The first-order chi connectivity index (χ1) is 10.8. The maximum Gasteiger partial charge on any atom is 0.413 e. The van der Waals surface area contributed by atoms with E-state index in [0.717, 1.165) is 17.0 Å². The molecule has 6 heteroatoms. The van der Waals surface area contributed by atoms with Crippen molar-refractivity contribution in [1.82, 2.24) is 4.98 Å². The molecule has 4 nitrogen and oxygen atoms in total. The van der Waals surface area contributed by atoms with Crippen molar-refractivity contribution < 1.29 is 9.53 Å². The van der Waals surface area contributed by atoms with E-state index in [1.165, 1.54) is 21.1 Å². The Morgan fingerprint density at radius 3 is 3.18 bits per heavy atom. The number of nitrogens with zero attached hydrogens (tertiary/aromatic N) is 1. The molecular weight excluding hydrogens is 316 g/mol. The topological polar surface area (TPSA) is 51.2 Å². The highest BCUT2D eigenvalue weighted by molar-refractivity contribution is 7.98. The number of nitrogens with one attached hydrogen (secondary N) is 1. The number of carbonyl (C=O) groups is 1. The Labute approximate surface area is 137 Å². The number of fused-ring (bicyclic) bond motifs is 3. The van der Waals surface area contributed by atoms with E-state index in [2.05, 4.69) is 28.4 Å². The summed E-state index contributed by atoms with van der Waals surface area (Å²) in [6.45, 7) is 0.319. The standard InChI is InChI=1S/C16H14N2O2S2/c1-2-3-6-9-20-16(19)18-15-17-14-11-7-4-5-8-12(11)21-10-13(14)22-15/h1,4-5,7-8H,3,6,9-10H2,(H,17,18,19). The highest BCUT2D eigenvalue weighted by atomic mass is 32.2. The van der Waals surface area contributed by atoms with Gasteiger partial charge in [0.25, 0.3) is 0 Å². The number of terminal acetylenes is 1. The van der Waals surface area contributed by atoms with Crippen molar-refractivity contribution in [2.24, 2.45) is 0 Å². The number of rotatable bonds is 4. The average Bonchev–Trinajstić information content (AvgIpc) is 2.94. The fraction of sp³-hybridized carbons (Fsp3) is 0.250. The summed E-state index contributed by atoms with van der Waals surface area (Å²) in [7, 11) is 0. The molecule has 0 saturated carbocycles. The zero-order valence-corrected chi connectivity index (χ0v) is 13.4. The molecule has 3 rings (SSSR count). The maximum atomic E-state index is 11.7. The number of anilines is 1. The summed E-state index contributed by atoms with van der Waals surface area (Å²) in [5.74, 6) is 3.39. The van der Waals surface area contributed by atoms with Gasteiger partial charge in [-0.25, -0.2) is 9.78 Å². The minimum Gasteiger partial charge on any atom is -0.449 e. The van der Waals surface area contributed by atoms with Crippen LogP contribution in [-0.2, 0) is 10.5 Å². The van der Waals surface area contributed by atoms with Gasteiger partial charge in [0.1, 0.15) is 0 Å². The number of hydrogen-bond donors (Lipinski definition) is 1. The smallest absolute Gasteiger partial charge is 0.413 e. The average molecular weight is 330 g/mol. The van der Waals surface area contributed by atoms with Gasteiger partial charge in [-0.3, -0.25) is 5.32 Å². The van der Waals surface area contributed by atoms with Crippen molar-refractivity contribution in [3.8, 4) is 23.6 Å². The molecule has 2 heterocycles. The van der Waals surface area contributed by atoms with Gasteiger partial charge in [-0.05, 0) is 12.5 Å². The lowest BCUT2D eigenvalue weighted by molar-refractivity contribution is 0.160. The second-order valence-electron chi connectivity index (χ2n) is 4.64. The Balaban J connectivity index is 1.67. The molecule has 22 heavy (non-hydrogen) atoms. The molecule has 2 aromatic rings. The summed E-state index contributed by atoms with van der Waals surface area (Å²) < 4.78 is 5.07. The van der Waals surface area contributed by atoms with E-state index < -0.39 is 6.09 Å². The second kappa shape index (κ2) is 6.86. The molecule has 0 unspecified atom stereocenters. The van der Waals surface area contributed by atoms with Crippen molar-refractivity contribution in [3.05, 3.63) is 29.1 Å². The zero-order chi connectivity index (χ0) is 15.4. The van der Waals surface area contributed by atoms with Gasteiger partial charge >= 0.3 is 6.09 Å². The molecule has 1 aliphatic rings. The fourth-order valence-corrected chi connectivity index (χ4v) is 4.20. The number of benzene rings is 1. The predicted molar refractivity (Wildman–Crippen MR) is 90.1 cm³/mol. The molecule has 0 spiro atoms. The number of hydrogen-bond acceptors (Lipinski definition) is 5. The molecule has 0 aliphatic carbocycles. The van der Waals surface area contributed by atoms with Gasteiger partial charge in [-0.1, -0.05) is 18.2 Å². The number of aromatic nitrogens is 1. The van der Waals surface area contributed by atoms with Crippen LogP contribution in [0, 0.1) is 12.3 Å². The third kappa shape index (κ3) is 3.26. The van der Waals surface area contributed by atoms with Gasteiger partial charge in [-0.2, -0.15) is 0 Å². The molecule has 1 amide bonds. The van der Waals surface area contributed by atoms with Gasteiger partial charge in [-0.15, -0.1) is 35.4 Å². The number of unbranched alkanes of at least 4 members (excludes halogenated alkanes) is 1. The number of amides is 1. The molecule has 1 aromatic heterocycles. The second-order valence-corrected chi connectivity index (χ2v) is 6.75. The maximum absolute atomic E-state index is 11.7. The summed E-state index contributed by atoms with van der Waals surface area (Å²) in [5.41, 5.74) is 2.09. The highest BCUT2D eigenvalue weighted by Crippen LogP contribution is 2.44. The lowest BCUT2D eigenvalue weighted by Gasteiger charge is -2.13. The largest absolute Gasteiger partial charge is 0.449 e. The predicted octanol–water partition coefficient (Wildman–Crippen LogP) is 4.38. The Hall–Kier alpha value is -1.97. The van der Waals surface area contributed by atoms with Crippen LogP contribution in [0.3, 0.4) is 0 Å². The summed E-state index contributed by atoms with van der Waals surface area (Å²) in [6.07, 6.45) is 5.94. The quantitative estimate of drug-likeness (QED) is 0.668. The van der Waals surface area contributed by atoms with Crippen LogP contribution in [0.2, 0.25) is 0 Å². The highest BCUT2D eigenvalue weighted by Gasteiger charge is 2.21. The van der Waals surface area contributed by atoms with E-state index in [1.54, 1.807) is 11.8 Å². The summed E-state index contributed by atoms with van der Waals surface area (Å²) in [5, 5.41) is 3.27. The lowest BCUT2D eigenvalue weighted by atomic mass is 10.1. The van der Waals surface area contributed by atoms with Gasteiger partial charge in [0.15, 0.2) is 5.13 Å². The third-order valence-corrected chi connectivity index (χ3v) is 5.36. The summed E-state index contributed by atoms with van der Waals surface area (Å²) in [4.78, 5) is 18.6. The van der Waals surface area contributed by atoms with Crippen LogP contribution in [0.15, 0.2) is 29.2 Å². The lowest BCUT2D eigenvalue weighted by Crippen LogP contribution is -2.14. The van der Waals surface area contributed by atoms with Crippen molar-refractivity contribution in [3.63, 3.8) is 0 Å². The van der Waals surface area contributed by atoms with Crippen LogP contribution >= 0.6 is 23.1 Å². The molecular formula is C16H14N2O2S2. The number of thioether (sulfide) groups is 1. The SMILES string of the molecule is C#CCCCOC(=O)Nc1nc2c(s1)CSc1ccccc1-2. The fourth-order valence-electron chi connectivity index (χ4n) is 2.11. The van der Waals surface area contributed by atoms with Gasteiger partial charge in [0.05, 0.1) is 12.3 Å². The Morgan fingerprint density at radius 1 is 1.45 bits per heavy atom. The van der Waals surface area contributed by atoms with E-state index in [9.17, 15) is 4.79 Å². The monoisotopic (exact) mass is 330 g/mol. The molecule has 0 radical (unpaired) electrons. The molecule has 1 aromatic carbocycles. The molecule has 1 aliphatic heterocycles. The molecule has 0 saturated heterocycles. The number of carbonyl (C=O) groups excluding carboxylic acids is 1. The van der Waals surface area contributed by atoms with Crippen LogP contribution in [0.4, 0.5) is 9.93 Å². The first kappa shape index (κ1) is 14.9. The van der Waals surface area contributed by atoms with Crippen LogP contribution < -0.4 is 5.32 Å². The normalized spacial score (nSPS) is 12.0. The Kier molecular flexibility index (Phi) is 4.66. The number of thiazole rings is 1. The van der Waals surface area contributed by atoms with E-state index in [-0.39, 0.29) is 0 Å². The van der Waals surface area contributed by atoms with Gasteiger partial charge < -0.3 is 4.74 Å². The molecule has 0 bridgehead atoms. The number of ether oxygens (including phenoxy) is 1. The van der Waals surface area contributed by atoms with Crippen LogP contribution in [0.5, 0.6) is 0 Å². The molecule has 0 atom stereocenters. The summed E-state index contributed by atoms with van der Waals surface area (Å²) >= 11 is 3.29. The van der Waals surface area contributed by atoms with Gasteiger partial charge in [0.2, 0.25) is 0 Å². The van der Waals surface area contributed by atoms with Crippen molar-refractivity contribution in [2.75, 3.05) is 11.9 Å². The minimum atomic E-state index is -0.482. The molecule has 1 N–H and O–H groups in total. The first-order valence-electron chi connectivity index (χ1n) is 6.87. The van der Waals surface area contributed by atoms with Gasteiger partial charge in [0, 0.05) is 27.5 Å². The first-order valence-corrected chi connectivity index (χ1v) is 8.67. The van der Waals surface area contributed by atoms with E-state index in [4.69, 9.17) is 11.2 Å². The van der Waals surface area contributed by atoms with E-state index in [1.807, 2.05) is 12.1 Å². The Morgan fingerprint density at radius 2 is 2.32 bits per heavy atom. The van der Waals surface area contributed by atoms with Crippen molar-refractivity contribution >= 4 is 34.3 Å².